The highest BCUT2D eigenvalue weighted by molar-refractivity contribution is 6.31. The van der Waals surface area contributed by atoms with Crippen molar-refractivity contribution in [3.8, 4) is 11.3 Å². The molecule has 0 fully saturated rings. The van der Waals surface area contributed by atoms with Crippen LogP contribution >= 0.6 is 23.2 Å². The lowest BCUT2D eigenvalue weighted by molar-refractivity contribution is 1.13. The van der Waals surface area contributed by atoms with Crippen LogP contribution in [0.3, 0.4) is 0 Å². The number of halogens is 2. The van der Waals surface area contributed by atoms with E-state index in [0.29, 0.717) is 21.6 Å². The van der Waals surface area contributed by atoms with Gasteiger partial charge in [-0.2, -0.15) is 0 Å². The van der Waals surface area contributed by atoms with Crippen LogP contribution in [-0.2, 0) is 0 Å². The summed E-state index contributed by atoms with van der Waals surface area (Å²) in [6.45, 7) is 1.85. The van der Waals surface area contributed by atoms with Gasteiger partial charge in [0.1, 0.15) is 11.5 Å². The van der Waals surface area contributed by atoms with Crippen molar-refractivity contribution in [2.24, 2.45) is 0 Å². The molecule has 0 aliphatic carbocycles. The van der Waals surface area contributed by atoms with Gasteiger partial charge in [-0.25, -0.2) is 9.97 Å². The molecule has 0 unspecified atom stereocenters. The Bertz CT molecular complexity index is 541. The minimum Gasteiger partial charge on any atom is -0.398 e. The first-order valence-corrected chi connectivity index (χ1v) is 5.37. The zero-order valence-electron chi connectivity index (χ0n) is 8.54. The van der Waals surface area contributed by atoms with Crippen LogP contribution in [0.15, 0.2) is 24.5 Å². The summed E-state index contributed by atoms with van der Waals surface area (Å²) in [7, 11) is 0. The molecule has 0 aliphatic heterocycles. The minimum atomic E-state index is 0.421. The van der Waals surface area contributed by atoms with Gasteiger partial charge in [0.2, 0.25) is 0 Å². The average Bonchev–Trinajstić information content (AvgIpc) is 2.26. The Balaban J connectivity index is 2.67. The number of aromatic nitrogens is 2. The number of nitrogen functional groups attached to an aromatic ring is 1. The van der Waals surface area contributed by atoms with Crippen LogP contribution in [0.25, 0.3) is 11.3 Å². The van der Waals surface area contributed by atoms with Crippen molar-refractivity contribution in [2.45, 2.75) is 6.92 Å². The van der Waals surface area contributed by atoms with E-state index in [1.54, 1.807) is 18.2 Å². The summed E-state index contributed by atoms with van der Waals surface area (Å²) in [6.07, 6.45) is 1.41. The standard InChI is InChI=1S/C11H9Cl2N3/c1-6-10(15-5-16-11(6)13)8-4-7(12)2-3-9(8)14/h2-5H,14H2,1H3. The number of nitrogens with zero attached hydrogens (tertiary/aromatic N) is 2. The van der Waals surface area contributed by atoms with E-state index in [4.69, 9.17) is 28.9 Å². The third-order valence-corrected chi connectivity index (χ3v) is 2.91. The number of nitrogens with two attached hydrogens (primary N) is 1. The number of anilines is 1. The van der Waals surface area contributed by atoms with Gasteiger partial charge in [-0.1, -0.05) is 23.2 Å². The highest BCUT2D eigenvalue weighted by Crippen LogP contribution is 2.31. The molecule has 0 saturated carbocycles. The smallest absolute Gasteiger partial charge is 0.135 e. The molecule has 3 nitrogen and oxygen atoms in total. The predicted molar refractivity (Wildman–Crippen MR) is 66.6 cm³/mol. The van der Waals surface area contributed by atoms with E-state index in [0.717, 1.165) is 11.1 Å². The Morgan fingerprint density at radius 1 is 1.19 bits per heavy atom. The first-order valence-electron chi connectivity index (χ1n) is 4.62. The first kappa shape index (κ1) is 11.2. The Kier molecular flexibility index (Phi) is 2.99. The molecular formula is C11H9Cl2N3. The molecule has 16 heavy (non-hydrogen) atoms. The normalized spacial score (nSPS) is 10.4. The van der Waals surface area contributed by atoms with Crippen LogP contribution in [-0.4, -0.2) is 9.97 Å². The van der Waals surface area contributed by atoms with Crippen molar-refractivity contribution in [3.05, 3.63) is 40.3 Å². The molecule has 2 N–H and O–H groups in total. The van der Waals surface area contributed by atoms with Crippen molar-refractivity contribution in [1.29, 1.82) is 0 Å². The van der Waals surface area contributed by atoms with E-state index < -0.39 is 0 Å². The van der Waals surface area contributed by atoms with Crippen LogP contribution in [0.4, 0.5) is 5.69 Å². The number of hydrogen-bond donors (Lipinski definition) is 1. The Morgan fingerprint density at radius 2 is 1.94 bits per heavy atom. The maximum Gasteiger partial charge on any atom is 0.135 e. The lowest BCUT2D eigenvalue weighted by atomic mass is 10.1. The predicted octanol–water partition coefficient (Wildman–Crippen LogP) is 3.34. The molecule has 5 heteroatoms. The fraction of sp³-hybridized carbons (Fsp3) is 0.0909. The molecule has 1 heterocycles. The maximum atomic E-state index is 5.93. The molecule has 2 rings (SSSR count). The topological polar surface area (TPSA) is 51.8 Å². The van der Waals surface area contributed by atoms with Crippen LogP contribution in [0.2, 0.25) is 10.2 Å². The molecule has 0 radical (unpaired) electrons. The highest BCUT2D eigenvalue weighted by Gasteiger charge is 2.10. The number of benzene rings is 1. The SMILES string of the molecule is Cc1c(Cl)ncnc1-c1cc(Cl)ccc1N. The summed E-state index contributed by atoms with van der Waals surface area (Å²) in [5.74, 6) is 0. The van der Waals surface area contributed by atoms with Gasteiger partial charge in [0, 0.05) is 21.8 Å². The molecule has 1 aromatic heterocycles. The summed E-state index contributed by atoms with van der Waals surface area (Å²) in [5.41, 5.74) is 8.76. The second-order valence-corrected chi connectivity index (χ2v) is 4.16. The van der Waals surface area contributed by atoms with Crippen molar-refractivity contribution in [2.75, 3.05) is 5.73 Å². The molecule has 2 aromatic rings. The van der Waals surface area contributed by atoms with Gasteiger partial charge < -0.3 is 5.73 Å². The van der Waals surface area contributed by atoms with E-state index in [1.807, 2.05) is 6.92 Å². The summed E-state index contributed by atoms with van der Waals surface area (Å²) < 4.78 is 0. The van der Waals surface area contributed by atoms with Crippen molar-refractivity contribution in [1.82, 2.24) is 9.97 Å². The van der Waals surface area contributed by atoms with E-state index in [2.05, 4.69) is 9.97 Å². The van der Waals surface area contributed by atoms with E-state index >= 15 is 0 Å². The van der Waals surface area contributed by atoms with Gasteiger partial charge >= 0.3 is 0 Å². The van der Waals surface area contributed by atoms with Crippen molar-refractivity contribution in [3.63, 3.8) is 0 Å². The second kappa shape index (κ2) is 4.28. The minimum absolute atomic E-state index is 0.421. The van der Waals surface area contributed by atoms with Crippen LogP contribution in [0, 0.1) is 6.92 Å². The largest absolute Gasteiger partial charge is 0.398 e. The Hall–Kier alpha value is -1.32. The van der Waals surface area contributed by atoms with Crippen molar-refractivity contribution < 1.29 is 0 Å². The van der Waals surface area contributed by atoms with E-state index in [1.165, 1.54) is 6.33 Å². The van der Waals surface area contributed by atoms with E-state index in [9.17, 15) is 0 Å². The molecule has 0 amide bonds. The van der Waals surface area contributed by atoms with Gasteiger partial charge in [0.25, 0.3) is 0 Å². The van der Waals surface area contributed by atoms with Gasteiger partial charge in [-0.3, -0.25) is 0 Å². The third-order valence-electron chi connectivity index (χ3n) is 2.29. The van der Waals surface area contributed by atoms with Gasteiger partial charge in [0.15, 0.2) is 0 Å². The molecule has 1 aromatic carbocycles. The molecule has 0 atom stereocenters. The lowest BCUT2D eigenvalue weighted by Crippen LogP contribution is -1.96. The quantitative estimate of drug-likeness (QED) is 0.627. The summed E-state index contributed by atoms with van der Waals surface area (Å²) in [4.78, 5) is 8.07. The molecule has 82 valence electrons. The summed E-state index contributed by atoms with van der Waals surface area (Å²) in [6, 6.07) is 5.24. The fourth-order valence-corrected chi connectivity index (χ4v) is 1.74. The summed E-state index contributed by atoms with van der Waals surface area (Å²) >= 11 is 11.9. The van der Waals surface area contributed by atoms with Gasteiger partial charge in [0.05, 0.1) is 5.69 Å². The van der Waals surface area contributed by atoms with Crippen LogP contribution in [0.1, 0.15) is 5.56 Å². The zero-order valence-corrected chi connectivity index (χ0v) is 10.0. The molecule has 0 aliphatic rings. The fourth-order valence-electron chi connectivity index (χ4n) is 1.43. The molecular weight excluding hydrogens is 245 g/mol. The van der Waals surface area contributed by atoms with Crippen LogP contribution in [0.5, 0.6) is 0 Å². The number of rotatable bonds is 1. The van der Waals surface area contributed by atoms with Gasteiger partial charge in [-0.15, -0.1) is 0 Å². The molecule has 0 saturated heterocycles. The molecule has 0 spiro atoms. The zero-order chi connectivity index (χ0) is 11.7. The third kappa shape index (κ3) is 1.96. The van der Waals surface area contributed by atoms with Crippen LogP contribution < -0.4 is 5.73 Å². The second-order valence-electron chi connectivity index (χ2n) is 3.37. The Labute approximate surface area is 103 Å². The Morgan fingerprint density at radius 3 is 2.69 bits per heavy atom. The number of hydrogen-bond acceptors (Lipinski definition) is 3. The summed E-state index contributed by atoms with van der Waals surface area (Å²) in [5, 5.41) is 1.03. The highest BCUT2D eigenvalue weighted by atomic mass is 35.5. The van der Waals surface area contributed by atoms with Crippen molar-refractivity contribution >= 4 is 28.9 Å². The van der Waals surface area contributed by atoms with Gasteiger partial charge in [-0.05, 0) is 25.1 Å². The first-order chi connectivity index (χ1) is 7.59. The monoisotopic (exact) mass is 253 g/mol. The van der Waals surface area contributed by atoms with E-state index in [-0.39, 0.29) is 0 Å². The maximum absolute atomic E-state index is 5.93. The lowest BCUT2D eigenvalue weighted by Gasteiger charge is -2.08. The molecule has 0 bridgehead atoms. The average molecular weight is 254 g/mol.